The van der Waals surface area contributed by atoms with Gasteiger partial charge < -0.3 is 15.0 Å². The van der Waals surface area contributed by atoms with E-state index in [1.165, 1.54) is 12.1 Å². The number of benzene rings is 2. The number of pyridine rings is 1. The molecule has 1 saturated heterocycles. The number of carbonyl (C=O) groups is 1. The lowest BCUT2D eigenvalue weighted by molar-refractivity contribution is -0.0996. The number of rotatable bonds is 4. The number of urea groups is 1. The molecule has 2 heterocycles. The van der Waals surface area contributed by atoms with Crippen LogP contribution in [-0.4, -0.2) is 35.1 Å². The molecule has 0 atom stereocenters. The van der Waals surface area contributed by atoms with Gasteiger partial charge in [-0.05, 0) is 54.8 Å². The van der Waals surface area contributed by atoms with Crippen molar-refractivity contribution in [2.75, 3.05) is 13.1 Å². The zero-order valence-corrected chi connectivity index (χ0v) is 17.0. The third-order valence-electron chi connectivity index (χ3n) is 5.98. The van der Waals surface area contributed by atoms with Crippen molar-refractivity contribution >= 4 is 28.5 Å². The van der Waals surface area contributed by atoms with E-state index in [1.807, 2.05) is 29.2 Å². The summed E-state index contributed by atoms with van der Waals surface area (Å²) in [5, 5.41) is 4.32. The van der Waals surface area contributed by atoms with Gasteiger partial charge in [0.25, 0.3) is 0 Å². The Morgan fingerprint density at radius 1 is 1.20 bits per heavy atom. The SMILES string of the molecule is O=C(NCc1ccc(Cl)cc1)N1CC2(CC(Oc3ccnc4ccc(F)cc34)C2)C1. The fraction of sp³-hybridized carbons (Fsp3) is 0.304. The third-order valence-corrected chi connectivity index (χ3v) is 6.23. The Morgan fingerprint density at radius 2 is 1.97 bits per heavy atom. The van der Waals surface area contributed by atoms with Crippen LogP contribution in [0, 0.1) is 11.2 Å². The monoisotopic (exact) mass is 425 g/mol. The van der Waals surface area contributed by atoms with Gasteiger partial charge in [0, 0.05) is 41.7 Å². The van der Waals surface area contributed by atoms with Gasteiger partial charge in [0.2, 0.25) is 0 Å². The zero-order chi connectivity index (χ0) is 20.7. The van der Waals surface area contributed by atoms with E-state index in [4.69, 9.17) is 16.3 Å². The van der Waals surface area contributed by atoms with E-state index in [-0.39, 0.29) is 23.4 Å². The van der Waals surface area contributed by atoms with Gasteiger partial charge in [0.05, 0.1) is 5.52 Å². The minimum Gasteiger partial charge on any atom is -0.490 e. The van der Waals surface area contributed by atoms with E-state index >= 15 is 0 Å². The molecule has 30 heavy (non-hydrogen) atoms. The van der Waals surface area contributed by atoms with Gasteiger partial charge in [-0.15, -0.1) is 0 Å². The van der Waals surface area contributed by atoms with Crippen molar-refractivity contribution in [2.45, 2.75) is 25.5 Å². The molecular formula is C23H21ClFN3O2. The van der Waals surface area contributed by atoms with Crippen LogP contribution in [0.15, 0.2) is 54.7 Å². The van der Waals surface area contributed by atoms with Crippen LogP contribution in [-0.2, 0) is 6.54 Å². The van der Waals surface area contributed by atoms with E-state index in [0.717, 1.165) is 37.0 Å². The normalized spacial score (nSPS) is 17.5. The maximum atomic E-state index is 13.6. The van der Waals surface area contributed by atoms with Crippen LogP contribution < -0.4 is 10.1 Å². The predicted molar refractivity (Wildman–Crippen MR) is 113 cm³/mol. The van der Waals surface area contributed by atoms with Gasteiger partial charge in [-0.1, -0.05) is 23.7 Å². The molecule has 2 amide bonds. The van der Waals surface area contributed by atoms with Gasteiger partial charge in [-0.3, -0.25) is 4.98 Å². The summed E-state index contributed by atoms with van der Waals surface area (Å²) in [5.41, 5.74) is 1.88. The molecule has 154 valence electrons. The quantitative estimate of drug-likeness (QED) is 0.654. The summed E-state index contributed by atoms with van der Waals surface area (Å²) in [4.78, 5) is 18.5. The summed E-state index contributed by atoms with van der Waals surface area (Å²) in [5.74, 6) is 0.362. The Balaban J connectivity index is 1.12. The summed E-state index contributed by atoms with van der Waals surface area (Å²) in [6.07, 6.45) is 3.55. The van der Waals surface area contributed by atoms with Gasteiger partial charge in [-0.2, -0.15) is 0 Å². The summed E-state index contributed by atoms with van der Waals surface area (Å²) in [6, 6.07) is 13.7. The molecule has 0 unspecified atom stereocenters. The van der Waals surface area contributed by atoms with Gasteiger partial charge in [0.15, 0.2) is 0 Å². The van der Waals surface area contributed by atoms with E-state index in [2.05, 4.69) is 10.3 Å². The molecule has 1 aliphatic heterocycles. The highest BCUT2D eigenvalue weighted by atomic mass is 35.5. The number of nitrogens with zero attached hydrogens (tertiary/aromatic N) is 2. The second kappa shape index (κ2) is 7.43. The largest absolute Gasteiger partial charge is 0.490 e. The lowest BCUT2D eigenvalue weighted by Gasteiger charge is -2.58. The Morgan fingerprint density at radius 3 is 2.73 bits per heavy atom. The average Bonchev–Trinajstić information content (AvgIpc) is 2.68. The topological polar surface area (TPSA) is 54.5 Å². The summed E-state index contributed by atoms with van der Waals surface area (Å²) >= 11 is 5.88. The smallest absolute Gasteiger partial charge is 0.317 e. The molecule has 5 nitrogen and oxygen atoms in total. The fourth-order valence-corrected chi connectivity index (χ4v) is 4.55. The predicted octanol–water partition coefficient (Wildman–Crippen LogP) is 4.78. The number of fused-ring (bicyclic) bond motifs is 1. The van der Waals surface area contributed by atoms with Crippen LogP contribution in [0.3, 0.4) is 0 Å². The number of hydrogen-bond donors (Lipinski definition) is 1. The van der Waals surface area contributed by atoms with Gasteiger partial charge in [-0.25, -0.2) is 9.18 Å². The third kappa shape index (κ3) is 3.67. The van der Waals surface area contributed by atoms with Crippen molar-refractivity contribution in [1.29, 1.82) is 0 Å². The average molecular weight is 426 g/mol. The van der Waals surface area contributed by atoms with Crippen molar-refractivity contribution < 1.29 is 13.9 Å². The number of likely N-dealkylation sites (tertiary alicyclic amines) is 1. The summed E-state index contributed by atoms with van der Waals surface area (Å²) in [6.45, 7) is 1.97. The molecule has 0 bridgehead atoms. The first-order valence-corrected chi connectivity index (χ1v) is 10.4. The highest BCUT2D eigenvalue weighted by Crippen LogP contribution is 2.50. The van der Waals surface area contributed by atoms with Crippen LogP contribution in [0.4, 0.5) is 9.18 Å². The van der Waals surface area contributed by atoms with E-state index in [1.54, 1.807) is 18.3 Å². The highest BCUT2D eigenvalue weighted by molar-refractivity contribution is 6.30. The van der Waals surface area contributed by atoms with E-state index < -0.39 is 0 Å². The maximum absolute atomic E-state index is 13.6. The van der Waals surface area contributed by atoms with Gasteiger partial charge >= 0.3 is 6.03 Å². The lowest BCUT2D eigenvalue weighted by atomic mass is 9.62. The maximum Gasteiger partial charge on any atom is 0.317 e. The molecule has 2 aromatic carbocycles. The first-order chi connectivity index (χ1) is 14.5. The highest BCUT2D eigenvalue weighted by Gasteiger charge is 2.54. The Kier molecular flexibility index (Phi) is 4.74. The molecule has 2 fully saturated rings. The fourth-order valence-electron chi connectivity index (χ4n) is 4.42. The molecular weight excluding hydrogens is 405 g/mol. The van der Waals surface area contributed by atoms with Crippen LogP contribution in [0.5, 0.6) is 5.75 Å². The molecule has 2 aliphatic rings. The second-order valence-corrected chi connectivity index (χ2v) is 8.70. The van der Waals surface area contributed by atoms with Crippen LogP contribution in [0.2, 0.25) is 5.02 Å². The molecule has 1 N–H and O–H groups in total. The van der Waals surface area contributed by atoms with Crippen LogP contribution >= 0.6 is 11.6 Å². The molecule has 0 radical (unpaired) electrons. The molecule has 3 aromatic rings. The zero-order valence-electron chi connectivity index (χ0n) is 16.3. The minimum absolute atomic E-state index is 0.0458. The number of halogens is 2. The second-order valence-electron chi connectivity index (χ2n) is 8.26. The number of ether oxygens (including phenoxy) is 1. The van der Waals surface area contributed by atoms with Crippen molar-refractivity contribution in [3.8, 4) is 5.75 Å². The molecule has 1 saturated carbocycles. The number of nitrogens with one attached hydrogen (secondary N) is 1. The minimum atomic E-state index is -0.301. The van der Waals surface area contributed by atoms with Crippen LogP contribution in [0.1, 0.15) is 18.4 Å². The van der Waals surface area contributed by atoms with Crippen molar-refractivity contribution in [2.24, 2.45) is 5.41 Å². The van der Waals surface area contributed by atoms with E-state index in [0.29, 0.717) is 22.7 Å². The number of aromatic nitrogens is 1. The number of carbonyl (C=O) groups excluding carboxylic acids is 1. The van der Waals surface area contributed by atoms with Crippen molar-refractivity contribution in [3.05, 3.63) is 71.1 Å². The standard InChI is InChI=1S/C23H21ClFN3O2/c24-16-3-1-15(2-4-16)12-27-22(29)28-13-23(14-28)10-18(11-23)30-21-7-8-26-20-6-5-17(25)9-19(20)21/h1-9,18H,10-14H2,(H,27,29). The summed E-state index contributed by atoms with van der Waals surface area (Å²) in [7, 11) is 0. The van der Waals surface area contributed by atoms with Crippen molar-refractivity contribution in [3.63, 3.8) is 0 Å². The molecule has 1 spiro atoms. The molecule has 7 heteroatoms. The summed E-state index contributed by atoms with van der Waals surface area (Å²) < 4.78 is 19.7. The van der Waals surface area contributed by atoms with E-state index in [9.17, 15) is 9.18 Å². The molecule has 5 rings (SSSR count). The number of amides is 2. The number of hydrogen-bond acceptors (Lipinski definition) is 3. The van der Waals surface area contributed by atoms with Gasteiger partial charge in [0.1, 0.15) is 17.7 Å². The Bertz CT molecular complexity index is 1090. The first-order valence-electron chi connectivity index (χ1n) is 9.98. The Labute approximate surface area is 178 Å². The Hall–Kier alpha value is -2.86. The van der Waals surface area contributed by atoms with Crippen LogP contribution in [0.25, 0.3) is 10.9 Å². The molecule has 1 aromatic heterocycles. The van der Waals surface area contributed by atoms with Crippen molar-refractivity contribution in [1.82, 2.24) is 15.2 Å². The molecule has 1 aliphatic carbocycles. The lowest BCUT2D eigenvalue weighted by Crippen LogP contribution is -2.67. The first kappa shape index (κ1) is 19.1.